The average Bonchev–Trinajstić information content (AvgIpc) is 2.87. The molecule has 2 aromatic rings. The summed E-state index contributed by atoms with van der Waals surface area (Å²) in [6.45, 7) is 4.38. The number of thiazole rings is 1. The van der Waals surface area contributed by atoms with E-state index in [4.69, 9.17) is 0 Å². The first-order valence-electron chi connectivity index (χ1n) is 5.90. The maximum absolute atomic E-state index is 4.67. The number of benzene rings is 1. The number of hydrogen-bond donors (Lipinski definition) is 1. The van der Waals surface area contributed by atoms with Gasteiger partial charge in [0.1, 0.15) is 0 Å². The number of fused-ring (bicyclic) bond motifs is 1. The highest BCUT2D eigenvalue weighted by molar-refractivity contribution is 7.22. The number of aryl methyl sites for hydroxylation is 1. The molecule has 1 aromatic heterocycles. The van der Waals surface area contributed by atoms with Gasteiger partial charge in [-0.1, -0.05) is 36.8 Å². The van der Waals surface area contributed by atoms with Gasteiger partial charge in [-0.2, -0.15) is 0 Å². The van der Waals surface area contributed by atoms with Gasteiger partial charge in [-0.15, -0.1) is 0 Å². The number of rotatable bonds is 3. The Balaban J connectivity index is 1.86. The third-order valence-electron chi connectivity index (χ3n) is 3.38. The van der Waals surface area contributed by atoms with Crippen molar-refractivity contribution in [2.75, 3.05) is 5.32 Å². The summed E-state index contributed by atoms with van der Waals surface area (Å²) in [6, 6.07) is 7.05. The summed E-state index contributed by atoms with van der Waals surface area (Å²) >= 11 is 1.77. The molecule has 1 aliphatic rings. The number of nitrogens with one attached hydrogen (secondary N) is 1. The fraction of sp³-hybridized carbons (Fsp3) is 0.462. The summed E-state index contributed by atoms with van der Waals surface area (Å²) in [7, 11) is 0. The first-order valence-corrected chi connectivity index (χ1v) is 6.72. The molecule has 1 aromatic carbocycles. The molecule has 1 heterocycles. The largest absolute Gasteiger partial charge is 0.358 e. The SMILES string of the molecule is CCC1CC1Nc1nc2c(C)cccc2s1. The Morgan fingerprint density at radius 3 is 3.06 bits per heavy atom. The topological polar surface area (TPSA) is 24.9 Å². The molecule has 0 bridgehead atoms. The highest BCUT2D eigenvalue weighted by Gasteiger charge is 2.35. The molecule has 0 saturated heterocycles. The lowest BCUT2D eigenvalue weighted by Crippen LogP contribution is -2.03. The zero-order valence-electron chi connectivity index (χ0n) is 9.66. The van der Waals surface area contributed by atoms with Gasteiger partial charge in [0.15, 0.2) is 5.13 Å². The molecule has 3 rings (SSSR count). The van der Waals surface area contributed by atoms with E-state index in [0.29, 0.717) is 6.04 Å². The van der Waals surface area contributed by atoms with Crippen LogP contribution in [0.3, 0.4) is 0 Å². The van der Waals surface area contributed by atoms with Crippen LogP contribution in [-0.2, 0) is 0 Å². The van der Waals surface area contributed by atoms with E-state index in [-0.39, 0.29) is 0 Å². The Kier molecular flexibility index (Phi) is 2.36. The van der Waals surface area contributed by atoms with Crippen LogP contribution >= 0.6 is 11.3 Å². The second-order valence-electron chi connectivity index (χ2n) is 4.60. The van der Waals surface area contributed by atoms with Gasteiger partial charge in [0.2, 0.25) is 0 Å². The molecule has 1 saturated carbocycles. The van der Waals surface area contributed by atoms with E-state index in [1.54, 1.807) is 11.3 Å². The second-order valence-corrected chi connectivity index (χ2v) is 5.63. The van der Waals surface area contributed by atoms with Crippen molar-refractivity contribution in [1.29, 1.82) is 0 Å². The van der Waals surface area contributed by atoms with E-state index < -0.39 is 0 Å². The first-order chi connectivity index (χ1) is 7.78. The Labute approximate surface area is 99.7 Å². The first kappa shape index (κ1) is 10.1. The van der Waals surface area contributed by atoms with E-state index in [1.165, 1.54) is 23.1 Å². The van der Waals surface area contributed by atoms with Crippen molar-refractivity contribution in [2.24, 2.45) is 5.92 Å². The fourth-order valence-electron chi connectivity index (χ4n) is 2.18. The molecule has 2 nitrogen and oxygen atoms in total. The van der Waals surface area contributed by atoms with E-state index >= 15 is 0 Å². The lowest BCUT2D eigenvalue weighted by Gasteiger charge is -1.98. The number of para-hydroxylation sites is 1. The van der Waals surface area contributed by atoms with Crippen LogP contribution in [0.2, 0.25) is 0 Å². The maximum atomic E-state index is 4.67. The van der Waals surface area contributed by atoms with Gasteiger partial charge < -0.3 is 5.32 Å². The molecule has 3 heteroatoms. The van der Waals surface area contributed by atoms with E-state index in [9.17, 15) is 0 Å². The number of aromatic nitrogens is 1. The standard InChI is InChI=1S/C13H16N2S/c1-3-9-7-10(9)14-13-15-12-8(2)5-4-6-11(12)16-13/h4-6,9-10H,3,7H2,1-2H3,(H,14,15). The van der Waals surface area contributed by atoms with Gasteiger partial charge >= 0.3 is 0 Å². The fourth-order valence-corrected chi connectivity index (χ4v) is 3.19. The van der Waals surface area contributed by atoms with Crippen molar-refractivity contribution in [3.8, 4) is 0 Å². The summed E-state index contributed by atoms with van der Waals surface area (Å²) in [5.74, 6) is 0.869. The van der Waals surface area contributed by atoms with Gasteiger partial charge in [-0.3, -0.25) is 0 Å². The highest BCUT2D eigenvalue weighted by Crippen LogP contribution is 2.38. The molecule has 84 valence electrons. The average molecular weight is 232 g/mol. The Morgan fingerprint density at radius 1 is 1.50 bits per heavy atom. The normalized spacial score (nSPS) is 23.6. The van der Waals surface area contributed by atoms with Gasteiger partial charge in [0, 0.05) is 6.04 Å². The number of anilines is 1. The van der Waals surface area contributed by atoms with Crippen molar-refractivity contribution in [3.05, 3.63) is 23.8 Å². The Morgan fingerprint density at radius 2 is 2.38 bits per heavy atom. The molecule has 1 N–H and O–H groups in total. The van der Waals surface area contributed by atoms with Crippen LogP contribution in [0.15, 0.2) is 18.2 Å². The molecule has 0 radical (unpaired) electrons. The monoisotopic (exact) mass is 232 g/mol. The van der Waals surface area contributed by atoms with Crippen molar-refractivity contribution >= 4 is 26.7 Å². The van der Waals surface area contributed by atoms with Crippen molar-refractivity contribution < 1.29 is 0 Å². The van der Waals surface area contributed by atoms with Crippen LogP contribution in [0.5, 0.6) is 0 Å². The smallest absolute Gasteiger partial charge is 0.184 e. The maximum Gasteiger partial charge on any atom is 0.184 e. The summed E-state index contributed by atoms with van der Waals surface area (Å²) in [6.07, 6.45) is 2.59. The second kappa shape index (κ2) is 3.74. The van der Waals surface area contributed by atoms with Crippen molar-refractivity contribution in [3.63, 3.8) is 0 Å². The van der Waals surface area contributed by atoms with Crippen LogP contribution < -0.4 is 5.32 Å². The van der Waals surface area contributed by atoms with Crippen LogP contribution in [0.4, 0.5) is 5.13 Å². The molecular weight excluding hydrogens is 216 g/mol. The molecule has 2 atom stereocenters. The number of hydrogen-bond acceptors (Lipinski definition) is 3. The predicted octanol–water partition coefficient (Wildman–Crippen LogP) is 3.82. The van der Waals surface area contributed by atoms with Crippen molar-refractivity contribution in [1.82, 2.24) is 4.98 Å². The minimum atomic E-state index is 0.672. The van der Waals surface area contributed by atoms with Gasteiger partial charge in [-0.25, -0.2) is 4.98 Å². The van der Waals surface area contributed by atoms with Crippen LogP contribution in [0.1, 0.15) is 25.3 Å². The van der Waals surface area contributed by atoms with Gasteiger partial charge in [0.05, 0.1) is 10.2 Å². The van der Waals surface area contributed by atoms with E-state index in [2.05, 4.69) is 42.3 Å². The molecule has 1 aliphatic carbocycles. The summed E-state index contributed by atoms with van der Waals surface area (Å²) in [5.41, 5.74) is 2.42. The minimum absolute atomic E-state index is 0.672. The molecule has 2 unspecified atom stereocenters. The Bertz CT molecular complexity index is 518. The zero-order chi connectivity index (χ0) is 11.1. The minimum Gasteiger partial charge on any atom is -0.358 e. The molecule has 0 spiro atoms. The molecule has 0 amide bonds. The Hall–Kier alpha value is -1.09. The van der Waals surface area contributed by atoms with Crippen molar-refractivity contribution in [2.45, 2.75) is 32.7 Å². The third-order valence-corrected chi connectivity index (χ3v) is 4.33. The van der Waals surface area contributed by atoms with Crippen LogP contribution in [0, 0.1) is 12.8 Å². The lowest BCUT2D eigenvalue weighted by molar-refractivity contribution is 0.774. The molecule has 1 fully saturated rings. The van der Waals surface area contributed by atoms with Gasteiger partial charge in [-0.05, 0) is 30.9 Å². The quantitative estimate of drug-likeness (QED) is 0.870. The van der Waals surface area contributed by atoms with E-state index in [0.717, 1.165) is 16.6 Å². The van der Waals surface area contributed by atoms with Crippen LogP contribution in [-0.4, -0.2) is 11.0 Å². The number of nitrogens with zero attached hydrogens (tertiary/aromatic N) is 1. The predicted molar refractivity (Wildman–Crippen MR) is 70.2 cm³/mol. The molecular formula is C13H16N2S. The summed E-state index contributed by atoms with van der Waals surface area (Å²) in [5, 5.41) is 4.63. The summed E-state index contributed by atoms with van der Waals surface area (Å²) < 4.78 is 1.29. The molecule has 16 heavy (non-hydrogen) atoms. The highest BCUT2D eigenvalue weighted by atomic mass is 32.1. The summed E-state index contributed by atoms with van der Waals surface area (Å²) in [4.78, 5) is 4.67. The zero-order valence-corrected chi connectivity index (χ0v) is 10.5. The van der Waals surface area contributed by atoms with Gasteiger partial charge in [0.25, 0.3) is 0 Å². The van der Waals surface area contributed by atoms with Crippen LogP contribution in [0.25, 0.3) is 10.2 Å². The third kappa shape index (κ3) is 1.69. The molecule has 0 aliphatic heterocycles. The van der Waals surface area contributed by atoms with E-state index in [1.807, 2.05) is 0 Å². The lowest BCUT2D eigenvalue weighted by atomic mass is 10.2.